The Hall–Kier alpha value is -6.44. The first-order valence-electron chi connectivity index (χ1n) is 22.4. The van der Waals surface area contributed by atoms with Gasteiger partial charge in [0.25, 0.3) is 0 Å². The summed E-state index contributed by atoms with van der Waals surface area (Å²) in [6.45, 7) is 0. The molecule has 0 aliphatic heterocycles. The molecule has 0 N–H and O–H groups in total. The van der Waals surface area contributed by atoms with Gasteiger partial charge in [-0.3, -0.25) is 0 Å². The molecule has 2 spiro atoms. The molecular weight excluding hydrogens is 723 g/mol. The van der Waals surface area contributed by atoms with Crippen LogP contribution in [0.4, 0.5) is 17.1 Å². The summed E-state index contributed by atoms with van der Waals surface area (Å²) in [5.74, 6) is 3.33. The predicted octanol–water partition coefficient (Wildman–Crippen LogP) is 14.9. The van der Waals surface area contributed by atoms with Crippen LogP contribution in [0, 0.1) is 23.7 Å². The second kappa shape index (κ2) is 12.1. The maximum absolute atomic E-state index is 2.58. The number of hydrogen-bond acceptors (Lipinski definition) is 1. The minimum atomic E-state index is -0.366. The van der Waals surface area contributed by atoms with Crippen molar-refractivity contribution in [1.29, 1.82) is 0 Å². The number of benzene rings is 8. The van der Waals surface area contributed by atoms with Crippen LogP contribution in [0.3, 0.4) is 0 Å². The SMILES string of the molecule is c1ccc(-c2ccccc2N(c2ccc3c(c2)-c2ccccc2C32c3ccccc3-c3ccccc32)c2ccc3c(c2)-c2ccccc2C32C3CC4CC(C3)CC2C4)cc1. The zero-order valence-electron chi connectivity index (χ0n) is 33.7. The second-order valence-corrected chi connectivity index (χ2v) is 18.8. The lowest BCUT2D eigenvalue weighted by molar-refractivity contribution is -0.0399. The molecule has 0 aromatic heterocycles. The molecule has 0 saturated heterocycles. The van der Waals surface area contributed by atoms with Crippen LogP contribution >= 0.6 is 0 Å². The van der Waals surface area contributed by atoms with Gasteiger partial charge in [-0.05, 0) is 158 Å². The second-order valence-electron chi connectivity index (χ2n) is 18.8. The van der Waals surface area contributed by atoms with Gasteiger partial charge >= 0.3 is 0 Å². The summed E-state index contributed by atoms with van der Waals surface area (Å²) < 4.78 is 0. The lowest BCUT2D eigenvalue weighted by Crippen LogP contribution is -2.55. The largest absolute Gasteiger partial charge is 0.310 e. The van der Waals surface area contributed by atoms with Gasteiger partial charge in [0, 0.05) is 22.4 Å². The van der Waals surface area contributed by atoms with Crippen molar-refractivity contribution in [2.24, 2.45) is 23.7 Å². The van der Waals surface area contributed by atoms with Crippen LogP contribution in [-0.4, -0.2) is 0 Å². The van der Waals surface area contributed by atoms with Crippen LogP contribution in [0.15, 0.2) is 188 Å². The molecule has 0 amide bonds. The monoisotopic (exact) mass is 767 g/mol. The Bertz CT molecular complexity index is 3000. The van der Waals surface area contributed by atoms with Crippen molar-refractivity contribution < 1.29 is 0 Å². The summed E-state index contributed by atoms with van der Waals surface area (Å²) in [7, 11) is 0. The lowest BCUT2D eigenvalue weighted by atomic mass is 9.43. The molecule has 15 rings (SSSR count). The Labute approximate surface area is 353 Å². The average Bonchev–Trinajstić information content (AvgIpc) is 3.88. The molecule has 0 heterocycles. The van der Waals surface area contributed by atoms with Crippen LogP contribution in [0.25, 0.3) is 44.5 Å². The van der Waals surface area contributed by atoms with Crippen molar-refractivity contribution >= 4 is 17.1 Å². The highest BCUT2D eigenvalue weighted by Crippen LogP contribution is 2.70. The standard InChI is InChI=1S/C59H45N/c1-2-14-39(15-3-1)44-16-8-13-25-57(44)60(42-26-28-55-49(35-42)47-19-6-9-21-51(47)58(55)40-31-37-30-38(33-40)34-41(58)32-37)43-27-29-56-50(36-43)48-20-7-12-24-54(48)59(56)52-22-10-4-17-45(52)46-18-5-11-23-53(46)59/h1-29,35-38,40-41H,30-34H2. The fourth-order valence-corrected chi connectivity index (χ4v) is 14.5. The summed E-state index contributed by atoms with van der Waals surface area (Å²) in [6.07, 6.45) is 7.05. The highest BCUT2D eigenvalue weighted by Gasteiger charge is 2.61. The first-order valence-corrected chi connectivity index (χ1v) is 22.4. The molecular formula is C59H45N. The Morgan fingerprint density at radius 1 is 0.333 bits per heavy atom. The van der Waals surface area contributed by atoms with E-state index in [4.69, 9.17) is 0 Å². The van der Waals surface area contributed by atoms with Gasteiger partial charge in [0.15, 0.2) is 0 Å². The van der Waals surface area contributed by atoms with E-state index in [1.54, 1.807) is 11.1 Å². The Kier molecular flexibility index (Phi) is 6.72. The third-order valence-corrected chi connectivity index (χ3v) is 16.3. The van der Waals surface area contributed by atoms with Crippen LogP contribution in [0.5, 0.6) is 0 Å². The van der Waals surface area contributed by atoms with Crippen LogP contribution in [-0.2, 0) is 10.8 Å². The molecule has 4 fully saturated rings. The van der Waals surface area contributed by atoms with Gasteiger partial charge in [0.1, 0.15) is 0 Å². The van der Waals surface area contributed by atoms with E-state index in [2.05, 4.69) is 193 Å². The van der Waals surface area contributed by atoms with Gasteiger partial charge in [-0.2, -0.15) is 0 Å². The fourth-order valence-electron chi connectivity index (χ4n) is 14.5. The van der Waals surface area contributed by atoms with Crippen molar-refractivity contribution in [1.82, 2.24) is 0 Å². The molecule has 8 aromatic rings. The van der Waals surface area contributed by atoms with E-state index in [9.17, 15) is 0 Å². The van der Waals surface area contributed by atoms with Crippen molar-refractivity contribution in [3.8, 4) is 44.5 Å². The molecule has 0 atom stereocenters. The number of hydrogen-bond donors (Lipinski definition) is 0. The molecule has 4 bridgehead atoms. The maximum atomic E-state index is 2.58. The van der Waals surface area contributed by atoms with Crippen LogP contribution in [0.2, 0.25) is 0 Å². The van der Waals surface area contributed by atoms with Crippen LogP contribution < -0.4 is 4.90 Å². The molecule has 1 nitrogen and oxygen atoms in total. The molecule has 7 aliphatic carbocycles. The predicted molar refractivity (Wildman–Crippen MR) is 246 cm³/mol. The van der Waals surface area contributed by atoms with Crippen molar-refractivity contribution in [2.45, 2.75) is 42.9 Å². The molecule has 60 heavy (non-hydrogen) atoms. The third-order valence-electron chi connectivity index (χ3n) is 16.3. The number of nitrogens with zero attached hydrogens (tertiary/aromatic N) is 1. The molecule has 1 heteroatoms. The Balaban J connectivity index is 1.01. The molecule has 0 radical (unpaired) electrons. The molecule has 286 valence electrons. The summed E-state index contributed by atoms with van der Waals surface area (Å²) >= 11 is 0. The Morgan fingerprint density at radius 3 is 1.32 bits per heavy atom. The Morgan fingerprint density at radius 2 is 0.733 bits per heavy atom. The zero-order chi connectivity index (χ0) is 39.2. The summed E-state index contributed by atoms with van der Waals surface area (Å²) in [4.78, 5) is 2.57. The van der Waals surface area contributed by atoms with E-state index in [1.807, 2.05) is 0 Å². The molecule has 8 aromatic carbocycles. The minimum absolute atomic E-state index is 0.143. The number of para-hydroxylation sites is 1. The summed E-state index contributed by atoms with van der Waals surface area (Å²) in [5, 5.41) is 0. The quantitative estimate of drug-likeness (QED) is 0.172. The normalized spacial score (nSPS) is 23.5. The van der Waals surface area contributed by atoms with Crippen LogP contribution in [0.1, 0.15) is 65.5 Å². The first kappa shape index (κ1) is 33.4. The van der Waals surface area contributed by atoms with E-state index in [0.29, 0.717) is 0 Å². The number of rotatable bonds is 4. The van der Waals surface area contributed by atoms with E-state index in [-0.39, 0.29) is 10.8 Å². The van der Waals surface area contributed by atoms with Gasteiger partial charge in [-0.25, -0.2) is 0 Å². The van der Waals surface area contributed by atoms with E-state index >= 15 is 0 Å². The third kappa shape index (κ3) is 4.13. The van der Waals surface area contributed by atoms with Gasteiger partial charge < -0.3 is 4.90 Å². The molecule has 7 aliphatic rings. The van der Waals surface area contributed by atoms with E-state index in [1.165, 1.54) is 116 Å². The number of fused-ring (bicyclic) bond motifs is 13. The topological polar surface area (TPSA) is 3.24 Å². The fraction of sp³-hybridized carbons (Fsp3) is 0.186. The van der Waals surface area contributed by atoms with Crippen molar-refractivity contribution in [3.63, 3.8) is 0 Å². The smallest absolute Gasteiger partial charge is 0.0725 e. The minimum Gasteiger partial charge on any atom is -0.310 e. The van der Waals surface area contributed by atoms with E-state index < -0.39 is 0 Å². The zero-order valence-corrected chi connectivity index (χ0v) is 33.7. The first-order chi connectivity index (χ1) is 29.7. The maximum Gasteiger partial charge on any atom is 0.0725 e. The highest BCUT2D eigenvalue weighted by atomic mass is 15.1. The molecule has 4 saturated carbocycles. The highest BCUT2D eigenvalue weighted by molar-refractivity contribution is 5.98. The molecule has 0 unspecified atom stereocenters. The van der Waals surface area contributed by atoms with Gasteiger partial charge in [-0.1, -0.05) is 158 Å². The van der Waals surface area contributed by atoms with Gasteiger partial charge in [-0.15, -0.1) is 0 Å². The van der Waals surface area contributed by atoms with Crippen molar-refractivity contribution in [2.75, 3.05) is 4.90 Å². The number of anilines is 3. The summed E-state index contributed by atoms with van der Waals surface area (Å²) in [6, 6.07) is 72.0. The van der Waals surface area contributed by atoms with Gasteiger partial charge in [0.05, 0.1) is 11.1 Å². The summed E-state index contributed by atoms with van der Waals surface area (Å²) in [5.41, 5.74) is 22.8. The average molecular weight is 768 g/mol. The van der Waals surface area contributed by atoms with E-state index in [0.717, 1.165) is 23.7 Å². The lowest BCUT2D eigenvalue weighted by Gasteiger charge is -2.61. The van der Waals surface area contributed by atoms with Crippen molar-refractivity contribution in [3.05, 3.63) is 221 Å². The van der Waals surface area contributed by atoms with Gasteiger partial charge in [0.2, 0.25) is 0 Å².